The molecule has 0 amide bonds. The third kappa shape index (κ3) is 5.93. The fraction of sp³-hybridized carbons (Fsp3) is 1.00. The Kier molecular flexibility index (Phi) is 4.98. The van der Waals surface area contributed by atoms with Crippen LogP contribution in [-0.4, -0.2) is 42.8 Å². The molecule has 0 aliphatic rings. The normalized spacial score (nSPS) is 17.6. The molecule has 0 heterocycles. The van der Waals surface area contributed by atoms with Gasteiger partial charge in [0, 0.05) is 7.11 Å². The van der Waals surface area contributed by atoms with Crippen molar-refractivity contribution in [1.29, 1.82) is 0 Å². The van der Waals surface area contributed by atoms with Gasteiger partial charge in [0.25, 0.3) is 0 Å². The van der Waals surface area contributed by atoms with Crippen molar-refractivity contribution in [1.82, 2.24) is 5.32 Å². The number of nitrogens with one attached hydrogen (secondary N) is 1. The number of ether oxygens (including phenoxy) is 1. The average molecular weight is 230 g/mol. The van der Waals surface area contributed by atoms with Gasteiger partial charge >= 0.3 is 6.18 Å². The van der Waals surface area contributed by atoms with Crippen molar-refractivity contribution in [3.63, 3.8) is 0 Å². The summed E-state index contributed by atoms with van der Waals surface area (Å²) in [4.78, 5) is 0. The molecule has 0 aromatic rings. The van der Waals surface area contributed by atoms with Crippen LogP contribution in [0, 0.1) is 0 Å². The van der Waals surface area contributed by atoms with Crippen LogP contribution in [0.1, 0.15) is 13.8 Å². The van der Waals surface area contributed by atoms with Crippen molar-refractivity contribution in [3.8, 4) is 0 Å². The molecule has 0 aromatic carbocycles. The van der Waals surface area contributed by atoms with E-state index in [4.69, 9.17) is 10.5 Å². The molecule has 0 bridgehead atoms. The van der Waals surface area contributed by atoms with Crippen molar-refractivity contribution in [2.45, 2.75) is 37.9 Å². The molecule has 0 saturated heterocycles. The Morgan fingerprint density at radius 1 is 1.40 bits per heavy atom. The van der Waals surface area contributed by atoms with Crippen molar-refractivity contribution in [2.24, 2.45) is 5.73 Å². The number of alkyl halides is 3. The van der Waals surface area contributed by atoms with E-state index in [0.29, 0.717) is 0 Å². The van der Waals surface area contributed by atoms with Gasteiger partial charge in [-0.05, 0) is 13.8 Å². The van der Waals surface area contributed by atoms with Crippen LogP contribution in [-0.2, 0) is 4.74 Å². The molecule has 0 spiro atoms. The van der Waals surface area contributed by atoms with E-state index in [2.05, 4.69) is 5.32 Å². The second kappa shape index (κ2) is 5.11. The zero-order valence-electron chi connectivity index (χ0n) is 8.93. The molecular weight excluding hydrogens is 213 g/mol. The first kappa shape index (κ1) is 14.6. The van der Waals surface area contributed by atoms with E-state index in [1.807, 2.05) is 0 Å². The maximum Gasteiger partial charge on any atom is 0.401 e. The highest BCUT2D eigenvalue weighted by molar-refractivity contribution is 4.86. The van der Waals surface area contributed by atoms with E-state index in [1.165, 1.54) is 21.0 Å². The topological polar surface area (TPSA) is 67.5 Å². The van der Waals surface area contributed by atoms with Crippen LogP contribution in [0.3, 0.4) is 0 Å². The largest absolute Gasteiger partial charge is 0.401 e. The molecule has 4 nitrogen and oxygen atoms in total. The Balaban J connectivity index is 4.26. The number of aliphatic hydroxyl groups is 1. The number of methoxy groups -OCH3 is 1. The average Bonchev–Trinajstić information content (AvgIpc) is 2.01. The zero-order chi connectivity index (χ0) is 12.3. The lowest BCUT2D eigenvalue weighted by molar-refractivity contribution is -0.137. The second-order valence-electron chi connectivity index (χ2n) is 3.83. The quantitative estimate of drug-likeness (QED) is 0.591. The molecule has 2 unspecified atom stereocenters. The fourth-order valence-electron chi connectivity index (χ4n) is 0.944. The number of nitrogens with two attached hydrogens (primary N) is 1. The summed E-state index contributed by atoms with van der Waals surface area (Å²) < 4.78 is 40.4. The lowest BCUT2D eigenvalue weighted by Crippen LogP contribution is -2.58. The number of hydrogen-bond acceptors (Lipinski definition) is 4. The van der Waals surface area contributed by atoms with Gasteiger partial charge < -0.3 is 15.6 Å². The Hall–Kier alpha value is -0.370. The molecular formula is C8H17F3N2O2. The monoisotopic (exact) mass is 230 g/mol. The van der Waals surface area contributed by atoms with Gasteiger partial charge in [0.15, 0.2) is 0 Å². The molecule has 0 fully saturated rings. The minimum Gasteiger partial charge on any atom is -0.389 e. The maximum absolute atomic E-state index is 11.9. The summed E-state index contributed by atoms with van der Waals surface area (Å²) >= 11 is 0. The maximum atomic E-state index is 11.9. The lowest BCUT2D eigenvalue weighted by Gasteiger charge is -2.32. The van der Waals surface area contributed by atoms with E-state index in [1.54, 1.807) is 0 Å². The summed E-state index contributed by atoms with van der Waals surface area (Å²) in [7, 11) is 1.22. The molecule has 15 heavy (non-hydrogen) atoms. The summed E-state index contributed by atoms with van der Waals surface area (Å²) in [6.45, 7) is 1.59. The standard InChI is InChI=1S/C8H17F3N2O2/c1-7(2,14)5(12)6(15-3)13-4-8(9,10)11/h5-6,13-14H,4,12H2,1-3H3. The van der Waals surface area contributed by atoms with E-state index in [-0.39, 0.29) is 0 Å². The Morgan fingerprint density at radius 2 is 1.87 bits per heavy atom. The first-order chi connectivity index (χ1) is 6.58. The van der Waals surface area contributed by atoms with Gasteiger partial charge in [-0.15, -0.1) is 0 Å². The predicted octanol–water partition coefficient (Wildman–Crippen LogP) is 0.209. The molecule has 92 valence electrons. The Morgan fingerprint density at radius 3 is 2.13 bits per heavy atom. The summed E-state index contributed by atoms with van der Waals surface area (Å²) in [5, 5.41) is 11.6. The van der Waals surface area contributed by atoms with Gasteiger partial charge in [-0.2, -0.15) is 13.2 Å². The molecule has 2 atom stereocenters. The Bertz CT molecular complexity index is 191. The number of hydrogen-bond donors (Lipinski definition) is 3. The minimum absolute atomic E-state index is 0.954. The smallest absolute Gasteiger partial charge is 0.389 e. The zero-order valence-corrected chi connectivity index (χ0v) is 8.93. The van der Waals surface area contributed by atoms with Crippen LogP contribution in [0.15, 0.2) is 0 Å². The molecule has 0 saturated carbocycles. The molecule has 0 rings (SSSR count). The van der Waals surface area contributed by atoms with E-state index in [9.17, 15) is 18.3 Å². The van der Waals surface area contributed by atoms with Crippen LogP contribution in [0.4, 0.5) is 13.2 Å². The third-order valence-electron chi connectivity index (χ3n) is 1.90. The summed E-state index contributed by atoms with van der Waals surface area (Å²) in [5.41, 5.74) is 4.21. The van der Waals surface area contributed by atoms with Crippen molar-refractivity contribution >= 4 is 0 Å². The predicted molar refractivity (Wildman–Crippen MR) is 49.1 cm³/mol. The highest BCUT2D eigenvalue weighted by Crippen LogP contribution is 2.15. The van der Waals surface area contributed by atoms with E-state index < -0.39 is 30.6 Å². The lowest BCUT2D eigenvalue weighted by atomic mass is 9.98. The van der Waals surface area contributed by atoms with Crippen molar-refractivity contribution in [2.75, 3.05) is 13.7 Å². The Labute approximate surface area is 86.6 Å². The van der Waals surface area contributed by atoms with Gasteiger partial charge in [0.05, 0.1) is 18.2 Å². The summed E-state index contributed by atoms with van der Waals surface area (Å²) in [6, 6.07) is -0.954. The molecule has 4 N–H and O–H groups in total. The fourth-order valence-corrected chi connectivity index (χ4v) is 0.944. The number of rotatable bonds is 5. The van der Waals surface area contributed by atoms with Gasteiger partial charge in [-0.3, -0.25) is 5.32 Å². The third-order valence-corrected chi connectivity index (χ3v) is 1.90. The molecule has 0 aliphatic carbocycles. The second-order valence-corrected chi connectivity index (χ2v) is 3.83. The first-order valence-electron chi connectivity index (χ1n) is 4.39. The van der Waals surface area contributed by atoms with Gasteiger partial charge in [0.1, 0.15) is 6.23 Å². The molecule has 0 radical (unpaired) electrons. The summed E-state index contributed by atoms with van der Waals surface area (Å²) in [6.07, 6.45) is -5.39. The van der Waals surface area contributed by atoms with Crippen molar-refractivity contribution in [3.05, 3.63) is 0 Å². The van der Waals surface area contributed by atoms with E-state index in [0.717, 1.165) is 0 Å². The molecule has 0 aliphatic heterocycles. The highest BCUT2D eigenvalue weighted by atomic mass is 19.4. The van der Waals surface area contributed by atoms with Crippen LogP contribution in [0.2, 0.25) is 0 Å². The van der Waals surface area contributed by atoms with Crippen LogP contribution >= 0.6 is 0 Å². The van der Waals surface area contributed by atoms with Gasteiger partial charge in [-0.1, -0.05) is 0 Å². The SMILES string of the molecule is COC(NCC(F)(F)F)C(N)C(C)(C)O. The molecule has 7 heteroatoms. The minimum atomic E-state index is -4.34. The first-order valence-corrected chi connectivity index (χ1v) is 4.39. The van der Waals surface area contributed by atoms with Crippen LogP contribution in [0.5, 0.6) is 0 Å². The summed E-state index contributed by atoms with van der Waals surface area (Å²) in [5.74, 6) is 0. The van der Waals surface area contributed by atoms with Crippen LogP contribution < -0.4 is 11.1 Å². The van der Waals surface area contributed by atoms with Crippen molar-refractivity contribution < 1.29 is 23.0 Å². The van der Waals surface area contributed by atoms with Gasteiger partial charge in [0.2, 0.25) is 0 Å². The van der Waals surface area contributed by atoms with Crippen LogP contribution in [0.25, 0.3) is 0 Å². The highest BCUT2D eigenvalue weighted by Gasteiger charge is 2.34. The van der Waals surface area contributed by atoms with E-state index >= 15 is 0 Å². The van der Waals surface area contributed by atoms with Gasteiger partial charge in [-0.25, -0.2) is 0 Å². The number of halogens is 3. The molecule has 0 aromatic heterocycles.